The van der Waals surface area contributed by atoms with Crippen LogP contribution in [0, 0.1) is 0 Å². The highest BCUT2D eigenvalue weighted by Gasteiger charge is 2.21. The molecule has 0 aliphatic heterocycles. The second-order valence-corrected chi connectivity index (χ2v) is 6.14. The van der Waals surface area contributed by atoms with Crippen LogP contribution in [0.4, 0.5) is 0 Å². The number of carbonyl (C=O) groups is 2. The quantitative estimate of drug-likeness (QED) is 0.674. The summed E-state index contributed by atoms with van der Waals surface area (Å²) in [6.45, 7) is -0.346. The Bertz CT molecular complexity index is 874. The van der Waals surface area contributed by atoms with Crippen LogP contribution in [0.3, 0.4) is 0 Å². The zero-order chi connectivity index (χ0) is 17.1. The Morgan fingerprint density at radius 3 is 2.67 bits per heavy atom. The van der Waals surface area contributed by atoms with Crippen molar-refractivity contribution in [2.45, 2.75) is 0 Å². The van der Waals surface area contributed by atoms with Crippen LogP contribution in [0.2, 0.25) is 0 Å². The van der Waals surface area contributed by atoms with Crippen molar-refractivity contribution in [2.24, 2.45) is 0 Å². The molecule has 2 aromatic heterocycles. The van der Waals surface area contributed by atoms with Crippen molar-refractivity contribution >= 4 is 33.4 Å². The second kappa shape index (κ2) is 6.71. The summed E-state index contributed by atoms with van der Waals surface area (Å²) in [5, 5.41) is 0.579. The monoisotopic (exact) mass is 342 g/mol. The van der Waals surface area contributed by atoms with Gasteiger partial charge in [-0.1, -0.05) is 12.1 Å². The minimum absolute atomic E-state index is 0.0445. The number of hydrogen-bond acceptors (Lipinski definition) is 7. The van der Waals surface area contributed by atoms with E-state index in [2.05, 4.69) is 15.0 Å². The third-order valence-electron chi connectivity index (χ3n) is 3.21. The van der Waals surface area contributed by atoms with Crippen LogP contribution >= 0.6 is 11.3 Å². The van der Waals surface area contributed by atoms with Crippen LogP contribution in [0.1, 0.15) is 10.5 Å². The number of rotatable bonds is 4. The number of esters is 1. The van der Waals surface area contributed by atoms with E-state index in [1.54, 1.807) is 14.1 Å². The van der Waals surface area contributed by atoms with E-state index in [4.69, 9.17) is 4.74 Å². The number of benzene rings is 1. The van der Waals surface area contributed by atoms with Crippen LogP contribution in [0.5, 0.6) is 0 Å². The summed E-state index contributed by atoms with van der Waals surface area (Å²) in [6, 6.07) is 7.65. The normalized spacial score (nSPS) is 10.6. The Balaban J connectivity index is 1.90. The molecule has 0 saturated heterocycles. The van der Waals surface area contributed by atoms with Gasteiger partial charge in [-0.3, -0.25) is 4.79 Å². The molecule has 24 heavy (non-hydrogen) atoms. The molecule has 0 N–H and O–H groups in total. The van der Waals surface area contributed by atoms with Gasteiger partial charge >= 0.3 is 5.97 Å². The first-order valence-corrected chi connectivity index (χ1v) is 7.92. The van der Waals surface area contributed by atoms with Gasteiger partial charge in [0.15, 0.2) is 12.3 Å². The van der Waals surface area contributed by atoms with Crippen molar-refractivity contribution in [3.63, 3.8) is 0 Å². The molecular weight excluding hydrogens is 328 g/mol. The first kappa shape index (κ1) is 16.0. The predicted octanol–water partition coefficient (Wildman–Crippen LogP) is 2.00. The minimum atomic E-state index is -0.701. The highest BCUT2D eigenvalue weighted by molar-refractivity contribution is 7.21. The Hall–Kier alpha value is -2.87. The summed E-state index contributed by atoms with van der Waals surface area (Å²) in [7, 11) is 3.18. The Kier molecular flexibility index (Phi) is 4.48. The molecular formula is C16H14N4O3S. The second-order valence-electron chi connectivity index (χ2n) is 5.10. The van der Waals surface area contributed by atoms with Crippen molar-refractivity contribution in [3.05, 3.63) is 42.4 Å². The zero-order valence-corrected chi connectivity index (χ0v) is 13.9. The van der Waals surface area contributed by atoms with Crippen molar-refractivity contribution in [1.82, 2.24) is 19.9 Å². The first-order valence-electron chi connectivity index (χ1n) is 7.10. The number of carbonyl (C=O) groups excluding carboxylic acids is 2. The summed E-state index contributed by atoms with van der Waals surface area (Å²) in [4.78, 5) is 37.9. The van der Waals surface area contributed by atoms with Gasteiger partial charge in [-0.15, -0.1) is 11.3 Å². The van der Waals surface area contributed by atoms with E-state index in [1.165, 1.54) is 28.6 Å². The van der Waals surface area contributed by atoms with Crippen molar-refractivity contribution in [1.29, 1.82) is 0 Å². The molecule has 3 rings (SSSR count). The molecule has 0 fully saturated rings. The van der Waals surface area contributed by atoms with E-state index in [-0.39, 0.29) is 18.2 Å². The molecule has 3 aromatic rings. The molecule has 2 heterocycles. The lowest BCUT2D eigenvalue weighted by Gasteiger charge is -2.10. The number of aromatic nitrogens is 3. The summed E-state index contributed by atoms with van der Waals surface area (Å²) in [6.07, 6.45) is 2.89. The maximum absolute atomic E-state index is 12.3. The smallest absolute Gasteiger partial charge is 0.359 e. The molecule has 0 aliphatic carbocycles. The van der Waals surface area contributed by atoms with Crippen LogP contribution < -0.4 is 0 Å². The fourth-order valence-corrected chi connectivity index (χ4v) is 2.91. The maximum Gasteiger partial charge on any atom is 0.359 e. The van der Waals surface area contributed by atoms with E-state index in [9.17, 15) is 9.59 Å². The molecule has 8 heteroatoms. The predicted molar refractivity (Wildman–Crippen MR) is 89.6 cm³/mol. The molecule has 122 valence electrons. The van der Waals surface area contributed by atoms with E-state index >= 15 is 0 Å². The number of nitrogens with zero attached hydrogens (tertiary/aromatic N) is 4. The summed E-state index contributed by atoms with van der Waals surface area (Å²) < 4.78 is 6.02. The first-order chi connectivity index (χ1) is 11.6. The van der Waals surface area contributed by atoms with Crippen LogP contribution in [-0.4, -0.2) is 52.4 Å². The average molecular weight is 342 g/mol. The van der Waals surface area contributed by atoms with Crippen LogP contribution in [0.25, 0.3) is 20.9 Å². The molecule has 0 aliphatic rings. The highest BCUT2D eigenvalue weighted by Crippen LogP contribution is 2.30. The third-order valence-corrected chi connectivity index (χ3v) is 4.26. The van der Waals surface area contributed by atoms with Gasteiger partial charge in [-0.2, -0.15) is 0 Å². The van der Waals surface area contributed by atoms with Crippen molar-refractivity contribution in [3.8, 4) is 10.7 Å². The van der Waals surface area contributed by atoms with Crippen molar-refractivity contribution in [2.75, 3.05) is 20.7 Å². The molecule has 1 amide bonds. The lowest BCUT2D eigenvalue weighted by molar-refractivity contribution is -0.131. The zero-order valence-electron chi connectivity index (χ0n) is 13.1. The Morgan fingerprint density at radius 1 is 1.17 bits per heavy atom. The molecule has 0 saturated carbocycles. The Labute approximate surface area is 141 Å². The van der Waals surface area contributed by atoms with E-state index in [0.29, 0.717) is 10.7 Å². The summed E-state index contributed by atoms with van der Waals surface area (Å²) in [5.41, 5.74) is 1.22. The van der Waals surface area contributed by atoms with Gasteiger partial charge in [0.2, 0.25) is 0 Å². The molecule has 0 bridgehead atoms. The van der Waals surface area contributed by atoms with Gasteiger partial charge in [0, 0.05) is 26.5 Å². The van der Waals surface area contributed by atoms with Gasteiger partial charge in [-0.25, -0.2) is 19.7 Å². The fraction of sp³-hybridized carbons (Fsp3) is 0.188. The van der Waals surface area contributed by atoms with Crippen LogP contribution in [-0.2, 0) is 9.53 Å². The number of para-hydroxylation sites is 1. The molecule has 0 radical (unpaired) electrons. The van der Waals surface area contributed by atoms with Gasteiger partial charge < -0.3 is 9.64 Å². The number of likely N-dealkylation sites (N-methyl/N-ethyl adjacent to an activating group) is 1. The fourth-order valence-electron chi connectivity index (χ4n) is 1.94. The van der Waals surface area contributed by atoms with E-state index in [1.807, 2.05) is 24.3 Å². The highest BCUT2D eigenvalue weighted by atomic mass is 32.1. The molecule has 0 atom stereocenters. The van der Waals surface area contributed by atoms with Crippen molar-refractivity contribution < 1.29 is 14.3 Å². The summed E-state index contributed by atoms with van der Waals surface area (Å²) in [5.74, 6) is -1.01. The van der Waals surface area contributed by atoms with Gasteiger partial charge in [0.25, 0.3) is 5.91 Å². The lowest BCUT2D eigenvalue weighted by atomic mass is 10.3. The minimum Gasteiger partial charge on any atom is -0.451 e. The summed E-state index contributed by atoms with van der Waals surface area (Å²) >= 11 is 1.41. The standard InChI is InChI=1S/C16H14N4O3S/c1-20(2)12(21)9-23-16(22)14-13(17-7-8-18-14)15-19-10-5-3-4-6-11(10)24-15/h3-8H,9H2,1-2H3. The maximum atomic E-state index is 12.3. The molecule has 0 unspecified atom stereocenters. The largest absolute Gasteiger partial charge is 0.451 e. The topological polar surface area (TPSA) is 85.3 Å². The van der Waals surface area contributed by atoms with Gasteiger partial charge in [0.1, 0.15) is 10.7 Å². The number of amides is 1. The molecule has 0 spiro atoms. The SMILES string of the molecule is CN(C)C(=O)COC(=O)c1nccnc1-c1nc2ccccc2s1. The number of ether oxygens (including phenoxy) is 1. The number of hydrogen-bond donors (Lipinski definition) is 0. The number of fused-ring (bicyclic) bond motifs is 1. The van der Waals surface area contributed by atoms with Gasteiger partial charge in [-0.05, 0) is 12.1 Å². The molecule has 7 nitrogen and oxygen atoms in total. The van der Waals surface area contributed by atoms with E-state index < -0.39 is 5.97 Å². The van der Waals surface area contributed by atoms with E-state index in [0.717, 1.165) is 10.2 Å². The van der Waals surface area contributed by atoms with Crippen LogP contribution in [0.15, 0.2) is 36.7 Å². The lowest BCUT2D eigenvalue weighted by Crippen LogP contribution is -2.27. The number of thiazole rings is 1. The Morgan fingerprint density at radius 2 is 1.92 bits per heavy atom. The molecule has 1 aromatic carbocycles. The third kappa shape index (κ3) is 3.23. The van der Waals surface area contributed by atoms with Gasteiger partial charge in [0.05, 0.1) is 10.2 Å². The average Bonchev–Trinajstić information content (AvgIpc) is 3.03.